The number of carbonyl (C=O) groups excluding carboxylic acids is 1. The zero-order valence-corrected chi connectivity index (χ0v) is 8.84. The van der Waals surface area contributed by atoms with Gasteiger partial charge in [-0.25, -0.2) is 0 Å². The van der Waals surface area contributed by atoms with Crippen molar-refractivity contribution in [2.24, 2.45) is 0 Å². The molecule has 90 valence electrons. The summed E-state index contributed by atoms with van der Waals surface area (Å²) in [6.45, 7) is 0.302. The fourth-order valence-corrected chi connectivity index (χ4v) is 1.16. The predicted octanol–water partition coefficient (Wildman–Crippen LogP) is 2.46. The van der Waals surface area contributed by atoms with Crippen LogP contribution in [0.2, 0.25) is 0 Å². The summed E-state index contributed by atoms with van der Waals surface area (Å²) >= 11 is 0. The van der Waals surface area contributed by atoms with E-state index in [1.165, 1.54) is 0 Å². The number of amides is 1. The Balaban J connectivity index is 2.68. The fraction of sp³-hybridized carbons (Fsp3) is 0.250. The minimum absolute atomic E-state index is 0.176. The average Bonchev–Trinajstić information content (AvgIpc) is 2.28. The van der Waals surface area contributed by atoms with Gasteiger partial charge in [-0.3, -0.25) is 4.79 Å². The number of halogens is 3. The summed E-state index contributed by atoms with van der Waals surface area (Å²) in [5, 5.41) is 2.50. The van der Waals surface area contributed by atoms with Gasteiger partial charge in [0.15, 0.2) is 0 Å². The molecule has 0 saturated carbocycles. The van der Waals surface area contributed by atoms with Crippen molar-refractivity contribution in [3.63, 3.8) is 0 Å². The normalized spacial score (nSPS) is 10.7. The maximum absolute atomic E-state index is 12.2. The zero-order chi connectivity index (χ0) is 12.9. The average molecular weight is 241 g/mol. The third kappa shape index (κ3) is 3.83. The molecule has 0 saturated heterocycles. The predicted molar refractivity (Wildman–Crippen MR) is 57.2 cm³/mol. The Morgan fingerprint density at radius 3 is 2.35 bits per heavy atom. The molecule has 0 bridgehead atoms. The molecule has 0 aliphatic heterocycles. The molecule has 0 unspecified atom stereocenters. The molecule has 0 spiro atoms. The monoisotopic (exact) mass is 241 g/mol. The quantitative estimate of drug-likeness (QED) is 0.639. The van der Waals surface area contributed by atoms with Crippen molar-refractivity contribution < 1.29 is 18.0 Å². The Bertz CT molecular complexity index is 429. The van der Waals surface area contributed by atoms with Gasteiger partial charge in [0.05, 0.1) is 5.56 Å². The molecule has 0 fully saturated rings. The number of hydrogen-bond acceptors (Lipinski definition) is 1. The Labute approximate surface area is 96.8 Å². The number of carbonyl (C=O) groups is 1. The summed E-state index contributed by atoms with van der Waals surface area (Å²) in [6.07, 6.45) is 0.986. The van der Waals surface area contributed by atoms with E-state index in [0.717, 1.165) is 24.3 Å². The number of nitrogens with one attached hydrogen (secondary N) is 1. The molecule has 1 amide bonds. The molecule has 1 aromatic carbocycles. The lowest BCUT2D eigenvalue weighted by molar-refractivity contribution is -0.137. The van der Waals surface area contributed by atoms with Gasteiger partial charge < -0.3 is 5.32 Å². The SMILES string of the molecule is C#CCCNC(=O)c1ccc(C(F)(F)F)cc1. The van der Waals surface area contributed by atoms with Crippen molar-refractivity contribution in [2.45, 2.75) is 12.6 Å². The summed E-state index contributed by atoms with van der Waals surface area (Å²) in [6, 6.07) is 4.01. The Morgan fingerprint density at radius 1 is 1.29 bits per heavy atom. The number of terminal acetylenes is 1. The molecule has 1 rings (SSSR count). The van der Waals surface area contributed by atoms with E-state index in [1.54, 1.807) is 0 Å². The highest BCUT2D eigenvalue weighted by molar-refractivity contribution is 5.94. The van der Waals surface area contributed by atoms with Crippen LogP contribution in [0.15, 0.2) is 24.3 Å². The van der Waals surface area contributed by atoms with Crippen LogP contribution in [-0.2, 0) is 6.18 Å². The van der Waals surface area contributed by atoms with E-state index in [-0.39, 0.29) is 5.56 Å². The minimum Gasteiger partial charge on any atom is -0.351 e. The molecule has 0 aliphatic rings. The topological polar surface area (TPSA) is 29.1 Å². The molecular formula is C12H10F3NO. The van der Waals surface area contributed by atoms with E-state index in [4.69, 9.17) is 6.42 Å². The fourth-order valence-electron chi connectivity index (χ4n) is 1.16. The van der Waals surface area contributed by atoms with Gasteiger partial charge in [0.1, 0.15) is 0 Å². The van der Waals surface area contributed by atoms with Crippen molar-refractivity contribution in [1.29, 1.82) is 0 Å². The molecule has 1 N–H and O–H groups in total. The first-order valence-electron chi connectivity index (χ1n) is 4.84. The smallest absolute Gasteiger partial charge is 0.351 e. The van der Waals surface area contributed by atoms with E-state index in [2.05, 4.69) is 11.2 Å². The molecule has 2 nitrogen and oxygen atoms in total. The summed E-state index contributed by atoms with van der Waals surface area (Å²) in [5.41, 5.74) is -0.604. The van der Waals surface area contributed by atoms with Gasteiger partial charge in [-0.2, -0.15) is 13.2 Å². The Kier molecular flexibility index (Phi) is 4.16. The lowest BCUT2D eigenvalue weighted by atomic mass is 10.1. The first-order chi connectivity index (χ1) is 7.95. The van der Waals surface area contributed by atoms with E-state index in [1.807, 2.05) is 0 Å². The van der Waals surface area contributed by atoms with Crippen LogP contribution < -0.4 is 5.32 Å². The first-order valence-corrected chi connectivity index (χ1v) is 4.84. The first kappa shape index (κ1) is 13.1. The van der Waals surface area contributed by atoms with E-state index >= 15 is 0 Å². The highest BCUT2D eigenvalue weighted by atomic mass is 19.4. The summed E-state index contributed by atoms with van der Waals surface area (Å²) in [7, 11) is 0. The summed E-state index contributed by atoms with van der Waals surface area (Å²) < 4.78 is 36.7. The molecule has 5 heteroatoms. The van der Waals surface area contributed by atoms with Crippen LogP contribution in [0.25, 0.3) is 0 Å². The highest BCUT2D eigenvalue weighted by Crippen LogP contribution is 2.28. The van der Waals surface area contributed by atoms with Gasteiger partial charge in [0, 0.05) is 18.5 Å². The maximum atomic E-state index is 12.2. The van der Waals surface area contributed by atoms with Gasteiger partial charge in [-0.05, 0) is 24.3 Å². The van der Waals surface area contributed by atoms with Gasteiger partial charge >= 0.3 is 6.18 Å². The van der Waals surface area contributed by atoms with Crippen LogP contribution in [0.3, 0.4) is 0 Å². The zero-order valence-electron chi connectivity index (χ0n) is 8.84. The molecule has 0 radical (unpaired) electrons. The third-order valence-corrected chi connectivity index (χ3v) is 2.03. The van der Waals surface area contributed by atoms with Gasteiger partial charge in [0.25, 0.3) is 5.91 Å². The van der Waals surface area contributed by atoms with Crippen molar-refractivity contribution in [3.05, 3.63) is 35.4 Å². The van der Waals surface area contributed by atoms with Gasteiger partial charge in [-0.15, -0.1) is 12.3 Å². The largest absolute Gasteiger partial charge is 0.416 e. The van der Waals surface area contributed by atoms with Crippen molar-refractivity contribution in [1.82, 2.24) is 5.32 Å². The Morgan fingerprint density at radius 2 is 1.88 bits per heavy atom. The Hall–Kier alpha value is -1.96. The maximum Gasteiger partial charge on any atom is 0.416 e. The van der Waals surface area contributed by atoms with E-state index in [0.29, 0.717) is 13.0 Å². The number of alkyl halides is 3. The lowest BCUT2D eigenvalue weighted by Crippen LogP contribution is -2.24. The van der Waals surface area contributed by atoms with Crippen molar-refractivity contribution in [3.8, 4) is 12.3 Å². The third-order valence-electron chi connectivity index (χ3n) is 2.03. The molecule has 17 heavy (non-hydrogen) atoms. The second kappa shape index (κ2) is 5.39. The van der Waals surface area contributed by atoms with E-state index in [9.17, 15) is 18.0 Å². The highest BCUT2D eigenvalue weighted by Gasteiger charge is 2.30. The second-order valence-corrected chi connectivity index (χ2v) is 3.29. The van der Waals surface area contributed by atoms with Crippen molar-refractivity contribution in [2.75, 3.05) is 6.54 Å². The summed E-state index contributed by atoms with van der Waals surface area (Å²) in [4.78, 5) is 11.4. The number of benzene rings is 1. The molecule has 0 atom stereocenters. The van der Waals surface area contributed by atoms with Crippen LogP contribution in [0.4, 0.5) is 13.2 Å². The molecular weight excluding hydrogens is 231 g/mol. The van der Waals surface area contributed by atoms with Gasteiger partial charge in [0.2, 0.25) is 0 Å². The molecule has 0 aromatic heterocycles. The lowest BCUT2D eigenvalue weighted by Gasteiger charge is -2.07. The molecule has 1 aromatic rings. The minimum atomic E-state index is -4.39. The number of rotatable bonds is 3. The molecule has 0 heterocycles. The number of hydrogen-bond donors (Lipinski definition) is 1. The van der Waals surface area contributed by atoms with Crippen LogP contribution in [0, 0.1) is 12.3 Å². The molecule has 0 aliphatic carbocycles. The summed E-state index contributed by atoms with van der Waals surface area (Å²) in [5.74, 6) is 1.90. The van der Waals surface area contributed by atoms with Crippen LogP contribution in [0.1, 0.15) is 22.3 Å². The van der Waals surface area contributed by atoms with Gasteiger partial charge in [-0.1, -0.05) is 0 Å². The van der Waals surface area contributed by atoms with E-state index < -0.39 is 17.6 Å². The van der Waals surface area contributed by atoms with Crippen LogP contribution in [0.5, 0.6) is 0 Å². The second-order valence-electron chi connectivity index (χ2n) is 3.29. The van der Waals surface area contributed by atoms with Crippen molar-refractivity contribution >= 4 is 5.91 Å². The van der Waals surface area contributed by atoms with Crippen LogP contribution >= 0.6 is 0 Å². The standard InChI is InChI=1S/C12H10F3NO/c1-2-3-8-16-11(17)9-4-6-10(7-5-9)12(13,14)15/h1,4-7H,3,8H2,(H,16,17). The van der Waals surface area contributed by atoms with Crippen LogP contribution in [-0.4, -0.2) is 12.5 Å².